The average molecular weight is 417 g/mol. The molecule has 11 atom stereocenters. The van der Waals surface area contributed by atoms with Gasteiger partial charge in [-0.25, -0.2) is 0 Å². The van der Waals surface area contributed by atoms with Gasteiger partial charge in [-0.2, -0.15) is 0 Å². The lowest BCUT2D eigenvalue weighted by atomic mass is 9.43. The summed E-state index contributed by atoms with van der Waals surface area (Å²) in [6.45, 7) is 15.5. The van der Waals surface area contributed by atoms with Crippen LogP contribution in [0.4, 0.5) is 0 Å². The van der Waals surface area contributed by atoms with Gasteiger partial charge in [0.15, 0.2) is 0 Å². The highest BCUT2D eigenvalue weighted by atomic mass is 16.3. The number of hydrogen-bond donors (Lipinski definition) is 1. The lowest BCUT2D eigenvalue weighted by Gasteiger charge is -2.62. The summed E-state index contributed by atoms with van der Waals surface area (Å²) in [5.41, 5.74) is 1.26. The predicted molar refractivity (Wildman–Crippen MR) is 128 cm³/mol. The normalized spacial score (nSPS) is 48.9. The van der Waals surface area contributed by atoms with Gasteiger partial charge in [0, 0.05) is 6.61 Å². The first-order valence-corrected chi connectivity index (χ1v) is 13.8. The van der Waals surface area contributed by atoms with Crippen LogP contribution in [0, 0.1) is 64.1 Å². The fourth-order valence-electron chi connectivity index (χ4n) is 9.96. The molecule has 4 aliphatic rings. The Hall–Kier alpha value is -0.0400. The largest absolute Gasteiger partial charge is 0.396 e. The SMILES string of the molecule is CC(CO)C(C)CC[C@@H](C)[C@H]1CC[C@H]2[C@@H]3CCC4C(C)CCC[C@]4(C)[C@H]3CC[C@]12C. The van der Waals surface area contributed by atoms with Crippen LogP contribution >= 0.6 is 0 Å². The third-order valence-corrected chi connectivity index (χ3v) is 12.1. The van der Waals surface area contributed by atoms with E-state index < -0.39 is 0 Å². The Bertz CT molecular complexity index is 585. The molecule has 0 heterocycles. The molecule has 0 aromatic carbocycles. The predicted octanol–water partition coefficient (Wildman–Crippen LogP) is 7.96. The molecule has 0 spiro atoms. The van der Waals surface area contributed by atoms with Gasteiger partial charge >= 0.3 is 0 Å². The van der Waals surface area contributed by atoms with Crippen molar-refractivity contribution in [3.63, 3.8) is 0 Å². The van der Waals surface area contributed by atoms with E-state index in [9.17, 15) is 5.11 Å². The molecular weight excluding hydrogens is 364 g/mol. The van der Waals surface area contributed by atoms with E-state index in [4.69, 9.17) is 0 Å². The molecule has 1 nitrogen and oxygen atoms in total. The maximum atomic E-state index is 9.51. The Balaban J connectivity index is 1.45. The van der Waals surface area contributed by atoms with Gasteiger partial charge in [0.25, 0.3) is 0 Å². The topological polar surface area (TPSA) is 20.2 Å². The van der Waals surface area contributed by atoms with Gasteiger partial charge in [-0.3, -0.25) is 0 Å². The molecule has 30 heavy (non-hydrogen) atoms. The van der Waals surface area contributed by atoms with Gasteiger partial charge in [-0.1, -0.05) is 67.2 Å². The molecular formula is C29H52O. The number of hydrogen-bond acceptors (Lipinski definition) is 1. The van der Waals surface area contributed by atoms with Crippen LogP contribution in [0.5, 0.6) is 0 Å². The minimum atomic E-state index is 0.347. The second kappa shape index (κ2) is 8.72. The van der Waals surface area contributed by atoms with Crippen molar-refractivity contribution >= 4 is 0 Å². The molecule has 0 aliphatic heterocycles. The summed E-state index contributed by atoms with van der Waals surface area (Å²) < 4.78 is 0. The quantitative estimate of drug-likeness (QED) is 0.465. The molecule has 4 saturated carbocycles. The summed E-state index contributed by atoms with van der Waals surface area (Å²) in [5, 5.41) is 9.51. The van der Waals surface area contributed by atoms with Crippen molar-refractivity contribution in [2.75, 3.05) is 6.61 Å². The Morgan fingerprint density at radius 3 is 2.20 bits per heavy atom. The lowest BCUT2D eigenvalue weighted by Crippen LogP contribution is -2.54. The van der Waals surface area contributed by atoms with Crippen molar-refractivity contribution in [2.45, 2.75) is 112 Å². The van der Waals surface area contributed by atoms with E-state index in [0.29, 0.717) is 29.3 Å². The molecule has 4 rings (SSSR count). The first kappa shape index (κ1) is 23.1. The van der Waals surface area contributed by atoms with Crippen molar-refractivity contribution in [1.82, 2.24) is 0 Å². The van der Waals surface area contributed by atoms with Crippen molar-refractivity contribution in [2.24, 2.45) is 64.1 Å². The minimum Gasteiger partial charge on any atom is -0.396 e. The molecule has 0 bridgehead atoms. The highest BCUT2D eigenvalue weighted by Gasteiger charge is 2.60. The van der Waals surface area contributed by atoms with E-state index >= 15 is 0 Å². The standard InChI is InChI=1S/C29H52O/c1-19(22(4)18-30)9-10-21(3)25-13-14-26-23-11-12-24-20(2)8-7-16-28(24,5)27(23)15-17-29(25,26)6/h19-27,30H,7-18H2,1-6H3/t19?,20?,21-,22?,23+,24?,25-,26+,27+,28+,29-/m1/s1. The highest BCUT2D eigenvalue weighted by Crippen LogP contribution is 2.68. The van der Waals surface area contributed by atoms with Crippen LogP contribution in [0.25, 0.3) is 0 Å². The summed E-state index contributed by atoms with van der Waals surface area (Å²) in [6.07, 6.45) is 16.3. The van der Waals surface area contributed by atoms with Crippen LogP contribution in [-0.2, 0) is 0 Å². The van der Waals surface area contributed by atoms with Crippen LogP contribution in [0.2, 0.25) is 0 Å². The van der Waals surface area contributed by atoms with Gasteiger partial charge in [0.1, 0.15) is 0 Å². The van der Waals surface area contributed by atoms with Crippen molar-refractivity contribution in [3.8, 4) is 0 Å². The zero-order valence-electron chi connectivity index (χ0n) is 21.1. The Morgan fingerprint density at radius 1 is 0.767 bits per heavy atom. The summed E-state index contributed by atoms with van der Waals surface area (Å²) in [6, 6.07) is 0. The number of aliphatic hydroxyl groups is 1. The third-order valence-electron chi connectivity index (χ3n) is 12.1. The first-order valence-electron chi connectivity index (χ1n) is 13.8. The first-order chi connectivity index (χ1) is 14.2. The van der Waals surface area contributed by atoms with E-state index in [1.807, 2.05) is 0 Å². The monoisotopic (exact) mass is 416 g/mol. The van der Waals surface area contributed by atoms with Crippen molar-refractivity contribution in [3.05, 3.63) is 0 Å². The van der Waals surface area contributed by atoms with Crippen LogP contribution in [-0.4, -0.2) is 11.7 Å². The molecule has 1 heteroatoms. The van der Waals surface area contributed by atoms with Crippen LogP contribution < -0.4 is 0 Å². The number of rotatable bonds is 6. The van der Waals surface area contributed by atoms with E-state index in [-0.39, 0.29) is 0 Å². The van der Waals surface area contributed by atoms with E-state index in [1.54, 1.807) is 6.42 Å². The van der Waals surface area contributed by atoms with Gasteiger partial charge < -0.3 is 5.11 Å². The molecule has 0 amide bonds. The van der Waals surface area contributed by atoms with Crippen LogP contribution in [0.1, 0.15) is 112 Å². The highest BCUT2D eigenvalue weighted by molar-refractivity contribution is 5.09. The number of aliphatic hydroxyl groups excluding tert-OH is 1. The number of fused-ring (bicyclic) bond motifs is 5. The molecule has 0 aromatic heterocycles. The Labute approximate surface area is 188 Å². The maximum absolute atomic E-state index is 9.51. The van der Waals surface area contributed by atoms with Crippen LogP contribution in [0.15, 0.2) is 0 Å². The third kappa shape index (κ3) is 3.72. The zero-order chi connectivity index (χ0) is 21.7. The van der Waals surface area contributed by atoms with Gasteiger partial charge in [-0.15, -0.1) is 0 Å². The summed E-state index contributed by atoms with van der Waals surface area (Å²) in [4.78, 5) is 0. The molecule has 0 aromatic rings. The van der Waals surface area contributed by atoms with Gasteiger partial charge in [-0.05, 0) is 109 Å². The molecule has 0 saturated heterocycles. The molecule has 4 fully saturated rings. The van der Waals surface area contributed by atoms with Crippen molar-refractivity contribution < 1.29 is 5.11 Å². The van der Waals surface area contributed by atoms with Gasteiger partial charge in [0.05, 0.1) is 0 Å². The zero-order valence-corrected chi connectivity index (χ0v) is 21.1. The fourth-order valence-corrected chi connectivity index (χ4v) is 9.96. The van der Waals surface area contributed by atoms with Gasteiger partial charge in [0.2, 0.25) is 0 Å². The minimum absolute atomic E-state index is 0.347. The maximum Gasteiger partial charge on any atom is 0.0459 e. The van der Waals surface area contributed by atoms with Crippen molar-refractivity contribution in [1.29, 1.82) is 0 Å². The smallest absolute Gasteiger partial charge is 0.0459 e. The molecule has 174 valence electrons. The van der Waals surface area contributed by atoms with E-state index in [1.165, 1.54) is 64.2 Å². The molecule has 4 unspecified atom stereocenters. The second-order valence-corrected chi connectivity index (χ2v) is 13.4. The summed E-state index contributed by atoms with van der Waals surface area (Å²) in [5.74, 6) is 7.95. The second-order valence-electron chi connectivity index (χ2n) is 13.4. The average Bonchev–Trinajstić information content (AvgIpc) is 3.08. The summed E-state index contributed by atoms with van der Waals surface area (Å²) in [7, 11) is 0. The molecule has 0 radical (unpaired) electrons. The van der Waals surface area contributed by atoms with Crippen LogP contribution in [0.3, 0.4) is 0 Å². The Morgan fingerprint density at radius 2 is 1.47 bits per heavy atom. The Kier molecular flexibility index (Phi) is 6.72. The molecule has 4 aliphatic carbocycles. The fraction of sp³-hybridized carbons (Fsp3) is 1.00. The van der Waals surface area contributed by atoms with E-state index in [0.717, 1.165) is 41.4 Å². The molecule has 1 N–H and O–H groups in total. The summed E-state index contributed by atoms with van der Waals surface area (Å²) >= 11 is 0. The lowest BCUT2D eigenvalue weighted by molar-refractivity contribution is -0.127. The van der Waals surface area contributed by atoms with E-state index in [2.05, 4.69) is 41.5 Å².